The Hall–Kier alpha value is -1.22. The van der Waals surface area contributed by atoms with Crippen molar-refractivity contribution in [3.05, 3.63) is 23.8 Å². The van der Waals surface area contributed by atoms with Crippen LogP contribution in [0.4, 0.5) is 0 Å². The topological polar surface area (TPSA) is 44.5 Å². The highest BCUT2D eigenvalue weighted by Gasteiger charge is 2.21. The molecule has 19 heavy (non-hydrogen) atoms. The number of hydrogen-bond acceptors (Lipinski definition) is 3. The van der Waals surface area contributed by atoms with Crippen LogP contribution >= 0.6 is 0 Å². The molecule has 1 aliphatic carbocycles. The van der Waals surface area contributed by atoms with Crippen molar-refractivity contribution in [2.45, 2.75) is 51.7 Å². The second-order valence-electron chi connectivity index (χ2n) is 5.39. The van der Waals surface area contributed by atoms with E-state index < -0.39 is 0 Å². The van der Waals surface area contributed by atoms with Crippen LogP contribution in [0.25, 0.3) is 0 Å². The van der Waals surface area contributed by atoms with E-state index in [1.54, 1.807) is 7.11 Å². The van der Waals surface area contributed by atoms with Crippen molar-refractivity contribution in [3.8, 4) is 11.5 Å². The van der Waals surface area contributed by atoms with Gasteiger partial charge in [0, 0.05) is 12.6 Å². The maximum Gasteiger partial charge on any atom is 0.123 e. The molecule has 2 rings (SSSR count). The third kappa shape index (κ3) is 3.87. The lowest BCUT2D eigenvalue weighted by Gasteiger charge is -2.28. The summed E-state index contributed by atoms with van der Waals surface area (Å²) in [5, 5.41) is 0. The fourth-order valence-electron chi connectivity index (χ4n) is 2.78. The number of rotatable bonds is 5. The molecule has 2 N–H and O–H groups in total. The lowest BCUT2D eigenvalue weighted by Crippen LogP contribution is -2.24. The van der Waals surface area contributed by atoms with E-state index >= 15 is 0 Å². The van der Waals surface area contributed by atoms with E-state index in [1.807, 2.05) is 18.2 Å². The van der Waals surface area contributed by atoms with Crippen LogP contribution in [0.2, 0.25) is 0 Å². The lowest BCUT2D eigenvalue weighted by molar-refractivity contribution is 0.129. The van der Waals surface area contributed by atoms with Crippen molar-refractivity contribution in [3.63, 3.8) is 0 Å². The first kappa shape index (κ1) is 14.2. The van der Waals surface area contributed by atoms with E-state index in [9.17, 15) is 0 Å². The van der Waals surface area contributed by atoms with Crippen molar-refractivity contribution in [2.75, 3.05) is 7.11 Å². The molecular formula is C16H25NO2. The minimum absolute atomic E-state index is 0.348. The molecule has 3 nitrogen and oxygen atoms in total. The first-order valence-electron chi connectivity index (χ1n) is 7.29. The van der Waals surface area contributed by atoms with Gasteiger partial charge >= 0.3 is 0 Å². The average Bonchev–Trinajstić information content (AvgIpc) is 2.47. The van der Waals surface area contributed by atoms with Crippen LogP contribution in [0.5, 0.6) is 11.5 Å². The van der Waals surface area contributed by atoms with Gasteiger partial charge in [-0.2, -0.15) is 0 Å². The van der Waals surface area contributed by atoms with E-state index in [0.29, 0.717) is 12.6 Å². The zero-order chi connectivity index (χ0) is 13.7. The monoisotopic (exact) mass is 263 g/mol. The number of ether oxygens (including phenoxy) is 2. The molecule has 0 heterocycles. The highest BCUT2D eigenvalue weighted by atomic mass is 16.5. The summed E-state index contributed by atoms with van der Waals surface area (Å²) in [6.45, 7) is 2.79. The standard InChI is InChI=1S/C16H25NO2/c1-3-12-4-6-14(7-5-12)19-16-9-13(11-17)8-15(10-16)18-2/h8-10,12,14H,3-7,11,17H2,1-2H3. The van der Waals surface area contributed by atoms with E-state index in [0.717, 1.165) is 35.8 Å². The molecule has 1 aromatic carbocycles. The molecule has 0 bridgehead atoms. The van der Waals surface area contributed by atoms with E-state index in [-0.39, 0.29) is 0 Å². The minimum Gasteiger partial charge on any atom is -0.497 e. The van der Waals surface area contributed by atoms with E-state index in [2.05, 4.69) is 6.92 Å². The Morgan fingerprint density at radius 2 is 1.79 bits per heavy atom. The van der Waals surface area contributed by atoms with Crippen LogP contribution in [0.3, 0.4) is 0 Å². The van der Waals surface area contributed by atoms with Gasteiger partial charge < -0.3 is 15.2 Å². The summed E-state index contributed by atoms with van der Waals surface area (Å²) in [7, 11) is 1.67. The molecule has 0 spiro atoms. The second-order valence-corrected chi connectivity index (χ2v) is 5.39. The minimum atomic E-state index is 0.348. The molecule has 0 unspecified atom stereocenters. The van der Waals surface area contributed by atoms with Crippen LogP contribution in [0, 0.1) is 5.92 Å². The summed E-state index contributed by atoms with van der Waals surface area (Å²) in [5.41, 5.74) is 6.75. The molecule has 1 saturated carbocycles. The lowest BCUT2D eigenvalue weighted by atomic mass is 9.86. The van der Waals surface area contributed by atoms with Crippen LogP contribution in [-0.2, 0) is 6.54 Å². The number of nitrogens with two attached hydrogens (primary N) is 1. The summed E-state index contributed by atoms with van der Waals surface area (Å²) in [6.07, 6.45) is 6.54. The van der Waals surface area contributed by atoms with Crippen LogP contribution in [-0.4, -0.2) is 13.2 Å². The van der Waals surface area contributed by atoms with Gasteiger partial charge in [0.05, 0.1) is 13.2 Å². The van der Waals surface area contributed by atoms with Crippen molar-refractivity contribution in [1.82, 2.24) is 0 Å². The Balaban J connectivity index is 1.99. The Morgan fingerprint density at radius 3 is 2.37 bits per heavy atom. The molecule has 1 aliphatic rings. The van der Waals surface area contributed by atoms with Gasteiger partial charge in [-0.05, 0) is 49.3 Å². The summed E-state index contributed by atoms with van der Waals surface area (Å²) in [5.74, 6) is 2.60. The molecule has 0 aromatic heterocycles. The van der Waals surface area contributed by atoms with Gasteiger partial charge in [-0.25, -0.2) is 0 Å². The largest absolute Gasteiger partial charge is 0.497 e. The van der Waals surface area contributed by atoms with Gasteiger partial charge in [0.15, 0.2) is 0 Å². The summed E-state index contributed by atoms with van der Waals surface area (Å²) < 4.78 is 11.4. The number of hydrogen-bond donors (Lipinski definition) is 1. The zero-order valence-corrected chi connectivity index (χ0v) is 12.0. The van der Waals surface area contributed by atoms with E-state index in [4.69, 9.17) is 15.2 Å². The van der Waals surface area contributed by atoms with Gasteiger partial charge in [-0.3, -0.25) is 0 Å². The van der Waals surface area contributed by atoms with Crippen LogP contribution in [0.15, 0.2) is 18.2 Å². The van der Waals surface area contributed by atoms with Crippen molar-refractivity contribution >= 4 is 0 Å². The first-order valence-corrected chi connectivity index (χ1v) is 7.29. The summed E-state index contributed by atoms with van der Waals surface area (Å²) in [6, 6.07) is 5.93. The highest BCUT2D eigenvalue weighted by molar-refractivity contribution is 5.38. The van der Waals surface area contributed by atoms with Gasteiger partial charge in [0.25, 0.3) is 0 Å². The molecule has 0 atom stereocenters. The zero-order valence-electron chi connectivity index (χ0n) is 12.0. The molecule has 1 fully saturated rings. The van der Waals surface area contributed by atoms with Gasteiger partial charge in [-0.15, -0.1) is 0 Å². The Morgan fingerprint density at radius 1 is 1.11 bits per heavy atom. The van der Waals surface area contributed by atoms with Crippen molar-refractivity contribution < 1.29 is 9.47 Å². The summed E-state index contributed by atoms with van der Waals surface area (Å²) >= 11 is 0. The number of benzene rings is 1. The van der Waals surface area contributed by atoms with Gasteiger partial charge in [0.1, 0.15) is 11.5 Å². The van der Waals surface area contributed by atoms with Gasteiger partial charge in [-0.1, -0.05) is 13.3 Å². The van der Waals surface area contributed by atoms with E-state index in [1.165, 1.54) is 19.3 Å². The molecule has 0 saturated heterocycles. The number of methoxy groups -OCH3 is 1. The second kappa shape index (κ2) is 6.80. The molecular weight excluding hydrogens is 238 g/mol. The maximum absolute atomic E-state index is 6.10. The molecule has 1 aromatic rings. The highest BCUT2D eigenvalue weighted by Crippen LogP contribution is 2.31. The Bertz CT molecular complexity index is 375. The average molecular weight is 263 g/mol. The molecule has 0 radical (unpaired) electrons. The first-order chi connectivity index (χ1) is 9.25. The molecule has 3 heteroatoms. The SMILES string of the molecule is CCC1CCC(Oc2cc(CN)cc(OC)c2)CC1. The third-order valence-electron chi connectivity index (χ3n) is 4.09. The molecule has 0 aliphatic heterocycles. The Kier molecular flexibility index (Phi) is 5.08. The fourth-order valence-corrected chi connectivity index (χ4v) is 2.78. The third-order valence-corrected chi connectivity index (χ3v) is 4.09. The van der Waals surface area contributed by atoms with Crippen LogP contribution in [0.1, 0.15) is 44.6 Å². The smallest absolute Gasteiger partial charge is 0.123 e. The van der Waals surface area contributed by atoms with Crippen molar-refractivity contribution in [2.24, 2.45) is 11.7 Å². The van der Waals surface area contributed by atoms with Crippen molar-refractivity contribution in [1.29, 1.82) is 0 Å². The van der Waals surface area contributed by atoms with Gasteiger partial charge in [0.2, 0.25) is 0 Å². The normalized spacial score (nSPS) is 23.1. The molecule has 106 valence electrons. The van der Waals surface area contributed by atoms with Crippen LogP contribution < -0.4 is 15.2 Å². The maximum atomic E-state index is 6.10. The quantitative estimate of drug-likeness (QED) is 0.884. The predicted molar refractivity (Wildman–Crippen MR) is 77.6 cm³/mol. The molecule has 0 amide bonds. The Labute approximate surface area is 116 Å². The fraction of sp³-hybridized carbons (Fsp3) is 0.625. The predicted octanol–water partition coefficient (Wildman–Crippen LogP) is 3.50. The summed E-state index contributed by atoms with van der Waals surface area (Å²) in [4.78, 5) is 0.